The van der Waals surface area contributed by atoms with Crippen molar-refractivity contribution in [1.29, 1.82) is 0 Å². The SMILES string of the molecule is O=C(O)c1cc2cc(CN3CCN(c4ncnc5sc(CC(F)(F)F)cc45)CC3)ccc2[nH]1. The molecule has 2 N–H and O–H groups in total. The number of aromatic carboxylic acids is 1. The number of aromatic amines is 1. The van der Waals surface area contributed by atoms with Gasteiger partial charge in [0.25, 0.3) is 0 Å². The minimum Gasteiger partial charge on any atom is -0.477 e. The quantitative estimate of drug-likeness (QED) is 0.448. The van der Waals surface area contributed by atoms with Gasteiger partial charge in [-0.1, -0.05) is 6.07 Å². The first-order valence-electron chi connectivity index (χ1n) is 10.4. The lowest BCUT2D eigenvalue weighted by atomic mass is 10.1. The largest absolute Gasteiger partial charge is 0.477 e. The summed E-state index contributed by atoms with van der Waals surface area (Å²) < 4.78 is 38.4. The Labute approximate surface area is 190 Å². The number of rotatable bonds is 5. The Morgan fingerprint density at radius 3 is 2.64 bits per heavy atom. The molecule has 0 unspecified atom stereocenters. The first kappa shape index (κ1) is 21.7. The molecule has 0 saturated carbocycles. The first-order valence-corrected chi connectivity index (χ1v) is 11.2. The number of alkyl halides is 3. The minimum absolute atomic E-state index is 0.166. The van der Waals surface area contributed by atoms with E-state index in [-0.39, 0.29) is 10.6 Å². The van der Waals surface area contributed by atoms with Gasteiger partial charge >= 0.3 is 12.1 Å². The van der Waals surface area contributed by atoms with E-state index in [1.807, 2.05) is 18.2 Å². The van der Waals surface area contributed by atoms with E-state index in [1.54, 1.807) is 12.1 Å². The Hall–Kier alpha value is -3.18. The van der Waals surface area contributed by atoms with Crippen molar-refractivity contribution >= 4 is 44.2 Å². The molecule has 1 aliphatic heterocycles. The van der Waals surface area contributed by atoms with Gasteiger partial charge in [0.2, 0.25) is 0 Å². The number of H-pyrrole nitrogens is 1. The molecule has 4 aromatic rings. The van der Waals surface area contributed by atoms with Crippen molar-refractivity contribution in [2.45, 2.75) is 19.1 Å². The number of hydrogen-bond donors (Lipinski definition) is 2. The van der Waals surface area contributed by atoms with Crippen molar-refractivity contribution in [2.24, 2.45) is 0 Å². The number of carboxylic acid groups (broad SMARTS) is 1. The van der Waals surface area contributed by atoms with Gasteiger partial charge < -0.3 is 15.0 Å². The van der Waals surface area contributed by atoms with Crippen LogP contribution in [0.25, 0.3) is 21.1 Å². The van der Waals surface area contributed by atoms with Crippen LogP contribution in [0.4, 0.5) is 19.0 Å². The molecule has 172 valence electrons. The van der Waals surface area contributed by atoms with E-state index in [0.29, 0.717) is 29.1 Å². The van der Waals surface area contributed by atoms with E-state index < -0.39 is 18.6 Å². The molecule has 1 saturated heterocycles. The van der Waals surface area contributed by atoms with Gasteiger partial charge in [0.1, 0.15) is 22.7 Å². The van der Waals surface area contributed by atoms with E-state index in [0.717, 1.165) is 47.4 Å². The highest BCUT2D eigenvalue weighted by atomic mass is 32.1. The molecular weight excluding hydrogens is 455 g/mol. The van der Waals surface area contributed by atoms with Crippen LogP contribution in [0.1, 0.15) is 20.9 Å². The standard InChI is InChI=1S/C22H20F3N5O2S/c23-22(24,25)10-15-9-16-19(26-12-27-20(16)33-15)30-5-3-29(4-6-30)11-13-1-2-17-14(7-13)8-18(28-17)21(31)32/h1-2,7-9,12,28H,3-6,10-11H2,(H,31,32). The zero-order valence-corrected chi connectivity index (χ0v) is 18.2. The fourth-order valence-electron chi connectivity index (χ4n) is 4.20. The topological polar surface area (TPSA) is 85.3 Å². The molecule has 0 aliphatic carbocycles. The first-order chi connectivity index (χ1) is 15.7. The summed E-state index contributed by atoms with van der Waals surface area (Å²) in [6.07, 6.45) is -3.80. The smallest absolute Gasteiger partial charge is 0.393 e. The Balaban J connectivity index is 1.27. The number of halogens is 3. The van der Waals surface area contributed by atoms with Crippen LogP contribution in [0.2, 0.25) is 0 Å². The van der Waals surface area contributed by atoms with Crippen LogP contribution in [-0.4, -0.2) is 63.3 Å². The number of nitrogens with zero attached hydrogens (tertiary/aromatic N) is 4. The predicted molar refractivity (Wildman–Crippen MR) is 120 cm³/mol. The van der Waals surface area contributed by atoms with Gasteiger partial charge in [-0.15, -0.1) is 11.3 Å². The van der Waals surface area contributed by atoms with Crippen LogP contribution in [0.3, 0.4) is 0 Å². The summed E-state index contributed by atoms with van der Waals surface area (Å²) in [5.74, 6) is -0.307. The number of piperazine rings is 1. The molecule has 3 aromatic heterocycles. The molecule has 1 aromatic carbocycles. The van der Waals surface area contributed by atoms with Gasteiger partial charge in [-0.25, -0.2) is 14.8 Å². The van der Waals surface area contributed by atoms with Gasteiger partial charge in [0.15, 0.2) is 0 Å². The number of carboxylic acids is 1. The van der Waals surface area contributed by atoms with Crippen molar-refractivity contribution in [3.05, 3.63) is 52.8 Å². The summed E-state index contributed by atoms with van der Waals surface area (Å²) >= 11 is 1.06. The Morgan fingerprint density at radius 2 is 1.91 bits per heavy atom. The highest BCUT2D eigenvalue weighted by Crippen LogP contribution is 2.34. The van der Waals surface area contributed by atoms with Gasteiger partial charge in [-0.05, 0) is 29.8 Å². The average molecular weight is 475 g/mol. The molecule has 1 fully saturated rings. The molecule has 0 bridgehead atoms. The van der Waals surface area contributed by atoms with Gasteiger partial charge in [-0.2, -0.15) is 13.2 Å². The lowest BCUT2D eigenvalue weighted by molar-refractivity contribution is -0.126. The van der Waals surface area contributed by atoms with Crippen molar-refractivity contribution in [3.8, 4) is 0 Å². The second-order valence-electron chi connectivity index (χ2n) is 8.09. The summed E-state index contributed by atoms with van der Waals surface area (Å²) in [5, 5.41) is 10.7. The van der Waals surface area contributed by atoms with Crippen LogP contribution < -0.4 is 4.90 Å². The van der Waals surface area contributed by atoms with Gasteiger partial charge in [0.05, 0.1) is 11.8 Å². The van der Waals surface area contributed by atoms with Crippen LogP contribution >= 0.6 is 11.3 Å². The van der Waals surface area contributed by atoms with Crippen LogP contribution in [0.15, 0.2) is 36.7 Å². The van der Waals surface area contributed by atoms with Crippen molar-refractivity contribution in [3.63, 3.8) is 0 Å². The molecule has 7 nitrogen and oxygen atoms in total. The van der Waals surface area contributed by atoms with Crippen molar-refractivity contribution in [2.75, 3.05) is 31.1 Å². The number of benzene rings is 1. The molecule has 33 heavy (non-hydrogen) atoms. The van der Waals surface area contributed by atoms with Crippen LogP contribution in [0.5, 0.6) is 0 Å². The van der Waals surface area contributed by atoms with E-state index in [1.165, 1.54) is 6.33 Å². The molecule has 11 heteroatoms. The van der Waals surface area contributed by atoms with Crippen LogP contribution in [0, 0.1) is 0 Å². The minimum atomic E-state index is -4.25. The summed E-state index contributed by atoms with van der Waals surface area (Å²) in [6.45, 7) is 3.68. The number of nitrogens with one attached hydrogen (secondary N) is 1. The highest BCUT2D eigenvalue weighted by Gasteiger charge is 2.29. The molecule has 0 atom stereocenters. The van der Waals surface area contributed by atoms with Crippen LogP contribution in [-0.2, 0) is 13.0 Å². The van der Waals surface area contributed by atoms with E-state index >= 15 is 0 Å². The Kier molecular flexibility index (Phi) is 5.45. The summed E-state index contributed by atoms with van der Waals surface area (Å²) in [6, 6.07) is 9.06. The molecular formula is C22H20F3N5O2S. The molecule has 5 rings (SSSR count). The second-order valence-corrected chi connectivity index (χ2v) is 9.21. The number of aromatic nitrogens is 3. The Bertz CT molecular complexity index is 1320. The third kappa shape index (κ3) is 4.64. The normalized spacial score (nSPS) is 15.5. The summed E-state index contributed by atoms with van der Waals surface area (Å²) in [7, 11) is 0. The van der Waals surface area contributed by atoms with Gasteiger partial charge in [0, 0.05) is 48.5 Å². The van der Waals surface area contributed by atoms with Gasteiger partial charge in [-0.3, -0.25) is 4.90 Å². The van der Waals surface area contributed by atoms with E-state index in [2.05, 4.69) is 24.8 Å². The molecule has 0 spiro atoms. The second kappa shape index (κ2) is 8.31. The maximum absolute atomic E-state index is 12.8. The third-order valence-electron chi connectivity index (χ3n) is 5.73. The monoisotopic (exact) mass is 475 g/mol. The third-order valence-corrected chi connectivity index (χ3v) is 6.77. The predicted octanol–water partition coefficient (Wildman–Crippen LogP) is 4.30. The average Bonchev–Trinajstić information content (AvgIpc) is 3.36. The zero-order valence-electron chi connectivity index (χ0n) is 17.4. The molecule has 1 aliphatic rings. The fourth-order valence-corrected chi connectivity index (χ4v) is 5.22. The summed E-state index contributed by atoms with van der Waals surface area (Å²) in [5.41, 5.74) is 2.04. The van der Waals surface area contributed by atoms with E-state index in [4.69, 9.17) is 5.11 Å². The number of hydrogen-bond acceptors (Lipinski definition) is 6. The zero-order chi connectivity index (χ0) is 23.2. The molecule has 4 heterocycles. The van der Waals surface area contributed by atoms with Crippen molar-refractivity contribution < 1.29 is 23.1 Å². The maximum atomic E-state index is 12.8. The summed E-state index contributed by atoms with van der Waals surface area (Å²) in [4.78, 5) is 27.8. The Morgan fingerprint density at radius 1 is 1.12 bits per heavy atom. The number of carbonyl (C=O) groups is 1. The molecule has 0 radical (unpaired) electrons. The van der Waals surface area contributed by atoms with Crippen molar-refractivity contribution in [1.82, 2.24) is 19.9 Å². The lowest BCUT2D eigenvalue weighted by Crippen LogP contribution is -2.46. The fraction of sp³-hybridized carbons (Fsp3) is 0.318. The number of fused-ring (bicyclic) bond motifs is 2. The molecule has 0 amide bonds. The van der Waals surface area contributed by atoms with E-state index in [9.17, 15) is 18.0 Å². The lowest BCUT2D eigenvalue weighted by Gasteiger charge is -2.35. The number of thiophene rings is 1. The highest BCUT2D eigenvalue weighted by molar-refractivity contribution is 7.18. The maximum Gasteiger partial charge on any atom is 0.393 e. The number of anilines is 1.